The Morgan fingerprint density at radius 2 is 1.67 bits per heavy atom. The number of imide groups is 1. The third-order valence-corrected chi connectivity index (χ3v) is 5.84. The predicted molar refractivity (Wildman–Crippen MR) is 91.9 cm³/mol. The third kappa shape index (κ3) is 2.80. The maximum Gasteiger partial charge on any atom is 0.237 e. The van der Waals surface area contributed by atoms with Gasteiger partial charge in [0.1, 0.15) is 0 Å². The summed E-state index contributed by atoms with van der Waals surface area (Å²) in [4.78, 5) is 28.1. The highest BCUT2D eigenvalue weighted by atomic mass is 16.2. The Kier molecular flexibility index (Phi) is 4.23. The summed E-state index contributed by atoms with van der Waals surface area (Å²) in [6, 6.07) is 10.5. The number of carbonyl (C=O) groups excluding carboxylic acids is 2. The van der Waals surface area contributed by atoms with Crippen LogP contribution in [0.2, 0.25) is 0 Å². The normalized spacial score (nSPS) is 30.2. The van der Waals surface area contributed by atoms with Gasteiger partial charge in [0.25, 0.3) is 0 Å². The molecule has 1 saturated carbocycles. The molecule has 3 atom stereocenters. The molecule has 4 nitrogen and oxygen atoms in total. The smallest absolute Gasteiger partial charge is 0.237 e. The van der Waals surface area contributed by atoms with Gasteiger partial charge in [0.2, 0.25) is 11.8 Å². The van der Waals surface area contributed by atoms with Crippen LogP contribution < -0.4 is 4.90 Å². The van der Waals surface area contributed by atoms with Gasteiger partial charge < -0.3 is 4.90 Å². The molecule has 1 unspecified atom stereocenters. The molecule has 1 aromatic carbocycles. The van der Waals surface area contributed by atoms with Crippen LogP contribution in [0.1, 0.15) is 37.7 Å². The lowest BCUT2D eigenvalue weighted by Gasteiger charge is -2.27. The van der Waals surface area contributed by atoms with E-state index in [1.807, 2.05) is 6.07 Å². The molecular weight excluding hydrogens is 300 g/mol. The lowest BCUT2D eigenvalue weighted by atomic mass is 9.81. The maximum atomic E-state index is 12.6. The van der Waals surface area contributed by atoms with Crippen LogP contribution in [0.5, 0.6) is 0 Å². The van der Waals surface area contributed by atoms with Gasteiger partial charge in [-0.3, -0.25) is 9.59 Å². The van der Waals surface area contributed by atoms with Crippen LogP contribution in [0.3, 0.4) is 0 Å². The molecule has 0 aromatic heterocycles. The number of nitrogens with one attached hydrogen (secondary N) is 1. The Bertz CT molecular complexity index is 643. The SMILES string of the molecule is O=C1[C@H]2CCCC[C@@H]2C(=O)N1C[NH+]1CC=C(c2ccccc2)CC1. The molecule has 1 aromatic rings. The molecule has 0 radical (unpaired) electrons. The highest BCUT2D eigenvalue weighted by Crippen LogP contribution is 2.37. The second kappa shape index (κ2) is 6.52. The first kappa shape index (κ1) is 15.6. The number of benzene rings is 1. The van der Waals surface area contributed by atoms with Gasteiger partial charge in [0, 0.05) is 6.42 Å². The van der Waals surface area contributed by atoms with Crippen molar-refractivity contribution in [3.05, 3.63) is 42.0 Å². The van der Waals surface area contributed by atoms with Crippen LogP contribution in [0.25, 0.3) is 5.57 Å². The van der Waals surface area contributed by atoms with Gasteiger partial charge in [-0.2, -0.15) is 0 Å². The number of amides is 2. The summed E-state index contributed by atoms with van der Waals surface area (Å²) in [6.07, 6.45) is 7.26. The first-order valence-electron chi connectivity index (χ1n) is 9.17. The minimum Gasteiger partial charge on any atom is -0.314 e. The van der Waals surface area contributed by atoms with Gasteiger partial charge in [0.05, 0.1) is 24.9 Å². The Morgan fingerprint density at radius 1 is 1.00 bits per heavy atom. The average Bonchev–Trinajstić information content (AvgIpc) is 2.88. The largest absolute Gasteiger partial charge is 0.314 e. The number of hydrogen-bond donors (Lipinski definition) is 1. The molecule has 24 heavy (non-hydrogen) atoms. The van der Waals surface area contributed by atoms with Gasteiger partial charge in [-0.05, 0) is 30.1 Å². The van der Waals surface area contributed by atoms with Gasteiger partial charge in [-0.15, -0.1) is 0 Å². The molecule has 2 amide bonds. The first-order valence-corrected chi connectivity index (χ1v) is 9.17. The lowest BCUT2D eigenvalue weighted by Crippen LogP contribution is -3.14. The van der Waals surface area contributed by atoms with E-state index in [0.29, 0.717) is 6.67 Å². The second-order valence-electron chi connectivity index (χ2n) is 7.31. The molecule has 1 saturated heterocycles. The molecule has 0 spiro atoms. The number of rotatable bonds is 3. The van der Waals surface area contributed by atoms with Crippen molar-refractivity contribution in [3.8, 4) is 0 Å². The van der Waals surface area contributed by atoms with Gasteiger partial charge in [0.15, 0.2) is 6.67 Å². The molecular formula is C20H25N2O2+. The zero-order chi connectivity index (χ0) is 16.5. The topological polar surface area (TPSA) is 41.8 Å². The van der Waals surface area contributed by atoms with E-state index in [1.165, 1.54) is 16.0 Å². The average molecular weight is 325 g/mol. The highest BCUT2D eigenvalue weighted by molar-refractivity contribution is 6.05. The van der Waals surface area contributed by atoms with Gasteiger partial charge in [-0.25, -0.2) is 4.90 Å². The first-order chi connectivity index (χ1) is 11.7. The van der Waals surface area contributed by atoms with Crippen LogP contribution in [0.4, 0.5) is 0 Å². The molecule has 0 bridgehead atoms. The Balaban J connectivity index is 1.41. The van der Waals surface area contributed by atoms with Gasteiger partial charge >= 0.3 is 0 Å². The quantitative estimate of drug-likeness (QED) is 0.856. The molecule has 2 aliphatic heterocycles. The van der Waals surface area contributed by atoms with Crippen LogP contribution >= 0.6 is 0 Å². The van der Waals surface area contributed by atoms with Crippen molar-refractivity contribution in [3.63, 3.8) is 0 Å². The van der Waals surface area contributed by atoms with Crippen molar-refractivity contribution >= 4 is 17.4 Å². The Morgan fingerprint density at radius 3 is 2.25 bits per heavy atom. The zero-order valence-corrected chi connectivity index (χ0v) is 14.0. The van der Waals surface area contributed by atoms with Gasteiger partial charge in [-0.1, -0.05) is 43.2 Å². The molecule has 126 valence electrons. The Labute approximate surface area is 143 Å². The third-order valence-electron chi connectivity index (χ3n) is 5.84. The summed E-state index contributed by atoms with van der Waals surface area (Å²) < 4.78 is 0. The molecule has 2 heterocycles. The molecule has 3 aliphatic rings. The minimum atomic E-state index is -0.0223. The van der Waals surface area contributed by atoms with E-state index in [2.05, 4.69) is 30.3 Å². The molecule has 1 aliphatic carbocycles. The summed E-state index contributed by atoms with van der Waals surface area (Å²) in [5, 5.41) is 0. The zero-order valence-electron chi connectivity index (χ0n) is 14.0. The summed E-state index contributed by atoms with van der Waals surface area (Å²) in [7, 11) is 0. The van der Waals surface area contributed by atoms with E-state index in [1.54, 1.807) is 4.90 Å². The van der Waals surface area contributed by atoms with Crippen molar-refractivity contribution < 1.29 is 14.5 Å². The Hall–Kier alpha value is -1.94. The van der Waals surface area contributed by atoms with E-state index in [9.17, 15) is 9.59 Å². The fraction of sp³-hybridized carbons (Fsp3) is 0.500. The van der Waals surface area contributed by atoms with Crippen molar-refractivity contribution in [2.45, 2.75) is 32.1 Å². The monoisotopic (exact) mass is 325 g/mol. The van der Waals surface area contributed by atoms with Crippen molar-refractivity contribution in [2.75, 3.05) is 19.8 Å². The van der Waals surface area contributed by atoms with E-state index in [-0.39, 0.29) is 23.7 Å². The van der Waals surface area contributed by atoms with E-state index in [0.717, 1.165) is 45.2 Å². The number of quaternary nitrogens is 1. The van der Waals surface area contributed by atoms with Crippen molar-refractivity contribution in [2.24, 2.45) is 11.8 Å². The summed E-state index contributed by atoms with van der Waals surface area (Å²) >= 11 is 0. The highest BCUT2D eigenvalue weighted by Gasteiger charge is 2.49. The van der Waals surface area contributed by atoms with Crippen LogP contribution in [0.15, 0.2) is 36.4 Å². The van der Waals surface area contributed by atoms with E-state index < -0.39 is 0 Å². The fourth-order valence-corrected chi connectivity index (χ4v) is 4.45. The summed E-state index contributed by atoms with van der Waals surface area (Å²) in [5.41, 5.74) is 2.67. The van der Waals surface area contributed by atoms with Crippen LogP contribution in [-0.4, -0.2) is 36.5 Å². The van der Waals surface area contributed by atoms with Crippen molar-refractivity contribution in [1.82, 2.24) is 4.90 Å². The van der Waals surface area contributed by atoms with Crippen molar-refractivity contribution in [1.29, 1.82) is 0 Å². The van der Waals surface area contributed by atoms with Crippen LogP contribution in [-0.2, 0) is 9.59 Å². The number of carbonyl (C=O) groups is 2. The van der Waals surface area contributed by atoms with Crippen LogP contribution in [0, 0.1) is 11.8 Å². The lowest BCUT2D eigenvalue weighted by molar-refractivity contribution is -0.902. The number of likely N-dealkylation sites (tertiary alicyclic amines) is 1. The minimum absolute atomic E-state index is 0.0223. The number of fused-ring (bicyclic) bond motifs is 1. The fourth-order valence-electron chi connectivity index (χ4n) is 4.45. The molecule has 4 rings (SSSR count). The second-order valence-corrected chi connectivity index (χ2v) is 7.31. The maximum absolute atomic E-state index is 12.6. The molecule has 1 N–H and O–H groups in total. The number of nitrogens with zero attached hydrogens (tertiary/aromatic N) is 1. The number of hydrogen-bond acceptors (Lipinski definition) is 2. The standard InChI is InChI=1S/C20H24N2O2/c23-19-17-8-4-5-9-18(17)20(24)22(19)14-21-12-10-16(11-13-21)15-6-2-1-3-7-15/h1-3,6-7,10,17-18H,4-5,8-9,11-14H2/p+1/t17-,18-/m0/s1. The molecule has 4 heteroatoms. The summed E-state index contributed by atoms with van der Waals surface area (Å²) in [5.74, 6) is 0.141. The van der Waals surface area contributed by atoms with E-state index >= 15 is 0 Å². The molecule has 2 fully saturated rings. The summed E-state index contributed by atoms with van der Waals surface area (Å²) in [6.45, 7) is 2.41. The predicted octanol–water partition coefficient (Wildman–Crippen LogP) is 1.49. The van der Waals surface area contributed by atoms with E-state index in [4.69, 9.17) is 0 Å².